The van der Waals surface area contributed by atoms with Crippen molar-refractivity contribution in [1.82, 2.24) is 4.90 Å². The largest absolute Gasteiger partial charge is 0.409 e. The quantitative estimate of drug-likeness (QED) is 0.296. The van der Waals surface area contributed by atoms with Gasteiger partial charge in [0.05, 0.1) is 0 Å². The van der Waals surface area contributed by atoms with Crippen LogP contribution in [-0.2, 0) is 0 Å². The first-order chi connectivity index (χ1) is 6.49. The number of hydrogen-bond donors (Lipinski definition) is 2. The minimum absolute atomic E-state index is 0.315. The first-order valence-corrected chi connectivity index (χ1v) is 5.15. The van der Waals surface area contributed by atoms with E-state index < -0.39 is 0 Å². The van der Waals surface area contributed by atoms with Gasteiger partial charge in [-0.25, -0.2) is 0 Å². The maximum atomic E-state index is 8.35. The lowest BCUT2D eigenvalue weighted by molar-refractivity contribution is 0.207. The van der Waals surface area contributed by atoms with Crippen molar-refractivity contribution in [2.45, 2.75) is 39.7 Å². The first-order valence-electron chi connectivity index (χ1n) is 5.15. The summed E-state index contributed by atoms with van der Waals surface area (Å²) in [5.41, 5.74) is 5.38. The Morgan fingerprint density at radius 1 is 1.43 bits per heavy atom. The molecule has 0 aromatic rings. The second-order valence-electron chi connectivity index (χ2n) is 4.16. The summed E-state index contributed by atoms with van der Waals surface area (Å²) in [5.74, 6) is 0.972. The number of amidine groups is 1. The molecule has 84 valence electrons. The number of rotatable bonds is 6. The Bertz CT molecular complexity index is 180. The Balaban J connectivity index is 3.69. The molecule has 0 saturated carbocycles. The van der Waals surface area contributed by atoms with Crippen molar-refractivity contribution in [3.05, 3.63) is 0 Å². The lowest BCUT2D eigenvalue weighted by atomic mass is 10.1. The predicted octanol–water partition coefficient (Wildman–Crippen LogP) is 1.49. The van der Waals surface area contributed by atoms with Gasteiger partial charge in [-0.15, -0.1) is 0 Å². The van der Waals surface area contributed by atoms with Crippen LogP contribution < -0.4 is 5.73 Å². The Labute approximate surface area is 86.8 Å². The summed E-state index contributed by atoms with van der Waals surface area (Å²) in [6.07, 6.45) is 1.59. The van der Waals surface area contributed by atoms with Crippen molar-refractivity contribution in [1.29, 1.82) is 0 Å². The highest BCUT2D eigenvalue weighted by Crippen LogP contribution is 2.08. The third kappa shape index (κ3) is 5.07. The van der Waals surface area contributed by atoms with Crippen molar-refractivity contribution in [3.63, 3.8) is 0 Å². The SMILES string of the molecule is CC(C)C(C)N(C)CCC/C(N)=N/O. The van der Waals surface area contributed by atoms with Crippen molar-refractivity contribution in [2.75, 3.05) is 13.6 Å². The molecular formula is C10H23N3O. The van der Waals surface area contributed by atoms with Gasteiger partial charge in [-0.3, -0.25) is 0 Å². The maximum Gasteiger partial charge on any atom is 0.139 e. The van der Waals surface area contributed by atoms with Crippen LogP contribution in [0.3, 0.4) is 0 Å². The fraction of sp³-hybridized carbons (Fsp3) is 0.900. The summed E-state index contributed by atoms with van der Waals surface area (Å²) in [6, 6.07) is 0.572. The van der Waals surface area contributed by atoms with Crippen LogP contribution >= 0.6 is 0 Å². The highest BCUT2D eigenvalue weighted by molar-refractivity contribution is 5.79. The van der Waals surface area contributed by atoms with Gasteiger partial charge in [0.15, 0.2) is 0 Å². The summed E-state index contributed by atoms with van der Waals surface area (Å²) >= 11 is 0. The minimum Gasteiger partial charge on any atom is -0.409 e. The van der Waals surface area contributed by atoms with E-state index in [9.17, 15) is 0 Å². The highest BCUT2D eigenvalue weighted by Gasteiger charge is 2.12. The molecule has 0 radical (unpaired) electrons. The molecule has 0 spiro atoms. The number of hydrogen-bond acceptors (Lipinski definition) is 3. The molecule has 3 N–H and O–H groups in total. The van der Waals surface area contributed by atoms with E-state index in [4.69, 9.17) is 10.9 Å². The summed E-state index contributed by atoms with van der Waals surface area (Å²) < 4.78 is 0. The average molecular weight is 201 g/mol. The fourth-order valence-corrected chi connectivity index (χ4v) is 1.27. The lowest BCUT2D eigenvalue weighted by Gasteiger charge is -2.27. The van der Waals surface area contributed by atoms with E-state index in [-0.39, 0.29) is 0 Å². The number of oxime groups is 1. The number of nitrogens with zero attached hydrogens (tertiary/aromatic N) is 2. The van der Waals surface area contributed by atoms with Crippen LogP contribution in [-0.4, -0.2) is 35.6 Å². The topological polar surface area (TPSA) is 61.8 Å². The molecule has 0 bridgehead atoms. The van der Waals surface area contributed by atoms with Gasteiger partial charge in [0.2, 0.25) is 0 Å². The molecule has 1 unspecified atom stereocenters. The zero-order chi connectivity index (χ0) is 11.1. The predicted molar refractivity (Wildman–Crippen MR) is 59.6 cm³/mol. The Kier molecular flexibility index (Phi) is 6.28. The van der Waals surface area contributed by atoms with Gasteiger partial charge in [-0.05, 0) is 32.9 Å². The molecule has 14 heavy (non-hydrogen) atoms. The van der Waals surface area contributed by atoms with E-state index in [2.05, 4.69) is 37.9 Å². The minimum atomic E-state index is 0.315. The van der Waals surface area contributed by atoms with Gasteiger partial charge >= 0.3 is 0 Å². The molecule has 0 aliphatic rings. The molecule has 0 aromatic carbocycles. The molecule has 0 fully saturated rings. The van der Waals surface area contributed by atoms with Crippen LogP contribution in [0.25, 0.3) is 0 Å². The summed E-state index contributed by atoms with van der Waals surface area (Å²) in [7, 11) is 2.11. The Hall–Kier alpha value is -0.770. The van der Waals surface area contributed by atoms with Crippen LogP contribution in [0.1, 0.15) is 33.6 Å². The van der Waals surface area contributed by atoms with Crippen LogP contribution in [0.15, 0.2) is 5.16 Å². The van der Waals surface area contributed by atoms with Crippen molar-refractivity contribution in [2.24, 2.45) is 16.8 Å². The summed E-state index contributed by atoms with van der Waals surface area (Å²) in [5, 5.41) is 11.3. The standard InChI is InChI=1S/C10H23N3O/c1-8(2)9(3)13(4)7-5-6-10(11)12-14/h8-9,14H,5-7H2,1-4H3,(H2,11,12). The average Bonchev–Trinajstić information content (AvgIpc) is 2.15. The fourth-order valence-electron chi connectivity index (χ4n) is 1.27. The second kappa shape index (κ2) is 6.65. The Morgan fingerprint density at radius 3 is 2.43 bits per heavy atom. The molecular weight excluding hydrogens is 178 g/mol. The molecule has 0 aromatic heterocycles. The van der Waals surface area contributed by atoms with Gasteiger partial charge in [0.1, 0.15) is 5.84 Å². The van der Waals surface area contributed by atoms with Crippen LogP contribution in [0, 0.1) is 5.92 Å². The van der Waals surface area contributed by atoms with Crippen molar-refractivity contribution < 1.29 is 5.21 Å². The molecule has 0 saturated heterocycles. The first kappa shape index (κ1) is 13.2. The molecule has 0 heterocycles. The van der Waals surface area contributed by atoms with E-state index in [0.29, 0.717) is 24.2 Å². The molecule has 0 rings (SSSR count). The third-order valence-corrected chi connectivity index (χ3v) is 2.73. The summed E-state index contributed by atoms with van der Waals surface area (Å²) in [4.78, 5) is 2.30. The van der Waals surface area contributed by atoms with Gasteiger partial charge in [0.25, 0.3) is 0 Å². The van der Waals surface area contributed by atoms with Crippen LogP contribution in [0.4, 0.5) is 0 Å². The van der Waals surface area contributed by atoms with Gasteiger partial charge in [-0.2, -0.15) is 0 Å². The van der Waals surface area contributed by atoms with Crippen molar-refractivity contribution in [3.8, 4) is 0 Å². The van der Waals surface area contributed by atoms with Crippen LogP contribution in [0.5, 0.6) is 0 Å². The molecule has 0 amide bonds. The zero-order valence-electron chi connectivity index (χ0n) is 9.70. The third-order valence-electron chi connectivity index (χ3n) is 2.73. The van der Waals surface area contributed by atoms with E-state index in [0.717, 1.165) is 13.0 Å². The zero-order valence-corrected chi connectivity index (χ0v) is 9.70. The van der Waals surface area contributed by atoms with E-state index in [1.54, 1.807) is 0 Å². The molecule has 0 aliphatic carbocycles. The molecule has 4 heteroatoms. The van der Waals surface area contributed by atoms with E-state index in [1.807, 2.05) is 0 Å². The normalized spacial score (nSPS) is 15.1. The van der Waals surface area contributed by atoms with Gasteiger partial charge in [-0.1, -0.05) is 19.0 Å². The highest BCUT2D eigenvalue weighted by atomic mass is 16.4. The molecule has 0 aliphatic heterocycles. The number of nitrogens with two attached hydrogens (primary N) is 1. The monoisotopic (exact) mass is 201 g/mol. The van der Waals surface area contributed by atoms with E-state index in [1.165, 1.54) is 0 Å². The summed E-state index contributed by atoms with van der Waals surface area (Å²) in [6.45, 7) is 7.62. The Morgan fingerprint density at radius 2 is 2.00 bits per heavy atom. The smallest absolute Gasteiger partial charge is 0.139 e. The molecule has 1 atom stereocenters. The van der Waals surface area contributed by atoms with E-state index >= 15 is 0 Å². The van der Waals surface area contributed by atoms with Gasteiger partial charge in [0, 0.05) is 12.5 Å². The van der Waals surface area contributed by atoms with Crippen LogP contribution in [0.2, 0.25) is 0 Å². The maximum absolute atomic E-state index is 8.35. The van der Waals surface area contributed by atoms with Gasteiger partial charge < -0.3 is 15.8 Å². The molecule has 4 nitrogen and oxygen atoms in total. The lowest BCUT2D eigenvalue weighted by Crippen LogP contribution is -2.34. The second-order valence-corrected chi connectivity index (χ2v) is 4.16. The van der Waals surface area contributed by atoms with Crippen molar-refractivity contribution >= 4 is 5.84 Å².